The minimum absolute atomic E-state index is 0.259. The summed E-state index contributed by atoms with van der Waals surface area (Å²) in [5, 5.41) is 3.63. The number of carbonyl (C=O) groups is 1. The first-order chi connectivity index (χ1) is 7.29. The van der Waals surface area contributed by atoms with Crippen molar-refractivity contribution in [2.45, 2.75) is 32.7 Å². The lowest BCUT2D eigenvalue weighted by Gasteiger charge is -2.14. The van der Waals surface area contributed by atoms with E-state index in [2.05, 4.69) is 12.1 Å². The highest BCUT2D eigenvalue weighted by molar-refractivity contribution is 5.78. The number of hydrogen-bond donors (Lipinski definition) is 0. The van der Waals surface area contributed by atoms with Crippen molar-refractivity contribution in [3.05, 3.63) is 18.0 Å². The number of hydrogen-bond acceptors (Lipinski definition) is 3. The van der Waals surface area contributed by atoms with Crippen LogP contribution in [0.15, 0.2) is 17.0 Å². The van der Waals surface area contributed by atoms with Gasteiger partial charge >= 0.3 is 0 Å². The van der Waals surface area contributed by atoms with E-state index in [1.165, 1.54) is 0 Å². The van der Waals surface area contributed by atoms with Gasteiger partial charge in [-0.3, -0.25) is 4.79 Å². The lowest BCUT2D eigenvalue weighted by molar-refractivity contribution is -0.128. The minimum Gasteiger partial charge on any atom is -0.364 e. The molecule has 1 aromatic heterocycles. The number of aromatic nitrogens is 1. The van der Waals surface area contributed by atoms with Crippen LogP contribution in [0, 0.1) is 5.92 Å². The van der Waals surface area contributed by atoms with Crippen molar-refractivity contribution >= 4 is 5.91 Å². The molecule has 1 fully saturated rings. The molecule has 0 spiro atoms. The van der Waals surface area contributed by atoms with Crippen LogP contribution in [0.1, 0.15) is 31.7 Å². The number of likely N-dealkylation sites (tertiary alicyclic amines) is 1. The molecule has 15 heavy (non-hydrogen) atoms. The van der Waals surface area contributed by atoms with Crippen LogP contribution in [0.2, 0.25) is 0 Å². The highest BCUT2D eigenvalue weighted by atomic mass is 16.5. The first-order valence-corrected chi connectivity index (χ1v) is 5.45. The van der Waals surface area contributed by atoms with Gasteiger partial charge in [0.2, 0.25) is 5.91 Å². The van der Waals surface area contributed by atoms with E-state index in [9.17, 15) is 4.79 Å². The zero-order valence-electron chi connectivity index (χ0n) is 8.98. The molecule has 0 aliphatic carbocycles. The van der Waals surface area contributed by atoms with Crippen LogP contribution in [-0.4, -0.2) is 22.5 Å². The van der Waals surface area contributed by atoms with Gasteiger partial charge in [0, 0.05) is 18.5 Å². The molecule has 0 bridgehead atoms. The second-order valence-electron chi connectivity index (χ2n) is 4.17. The Hall–Kier alpha value is -1.32. The van der Waals surface area contributed by atoms with Crippen molar-refractivity contribution in [2.75, 3.05) is 6.54 Å². The number of nitrogens with zero attached hydrogens (tertiary/aromatic N) is 2. The maximum absolute atomic E-state index is 11.7. The van der Waals surface area contributed by atoms with Crippen LogP contribution in [0.3, 0.4) is 0 Å². The third kappa shape index (κ3) is 2.37. The molecule has 4 nitrogen and oxygen atoms in total. The van der Waals surface area contributed by atoms with E-state index >= 15 is 0 Å². The van der Waals surface area contributed by atoms with E-state index in [1.807, 2.05) is 4.90 Å². The van der Waals surface area contributed by atoms with Gasteiger partial charge in [0.1, 0.15) is 6.26 Å². The van der Waals surface area contributed by atoms with Crippen LogP contribution >= 0.6 is 0 Å². The predicted octanol–water partition coefficient (Wildman–Crippen LogP) is 1.82. The summed E-state index contributed by atoms with van der Waals surface area (Å²) < 4.78 is 4.75. The lowest BCUT2D eigenvalue weighted by Crippen LogP contribution is -2.24. The Balaban J connectivity index is 1.91. The monoisotopic (exact) mass is 208 g/mol. The van der Waals surface area contributed by atoms with Crippen LogP contribution in [0.4, 0.5) is 0 Å². The molecule has 1 atom stereocenters. The summed E-state index contributed by atoms with van der Waals surface area (Å²) in [6.45, 7) is 3.69. The number of carbonyl (C=O) groups excluding carboxylic acids is 1. The maximum Gasteiger partial charge on any atom is 0.223 e. The van der Waals surface area contributed by atoms with Gasteiger partial charge in [-0.2, -0.15) is 0 Å². The van der Waals surface area contributed by atoms with E-state index < -0.39 is 0 Å². The fourth-order valence-electron chi connectivity index (χ4n) is 2.13. The summed E-state index contributed by atoms with van der Waals surface area (Å²) in [6, 6.07) is 0. The lowest BCUT2D eigenvalue weighted by atomic mass is 10.0. The van der Waals surface area contributed by atoms with E-state index in [-0.39, 0.29) is 5.91 Å². The molecule has 2 heterocycles. The standard InChI is InChI=1S/C11H16N2O2/c1-2-3-9-4-11(14)13(6-9)7-10-5-12-15-8-10/h5,8-9H,2-4,6-7H2,1H3. The molecular weight excluding hydrogens is 192 g/mol. The zero-order chi connectivity index (χ0) is 10.7. The maximum atomic E-state index is 11.7. The Bertz CT molecular complexity index is 321. The summed E-state index contributed by atoms with van der Waals surface area (Å²) in [6.07, 6.45) is 6.27. The fraction of sp³-hybridized carbons (Fsp3) is 0.636. The summed E-state index contributed by atoms with van der Waals surface area (Å²) in [5.74, 6) is 0.803. The molecule has 2 rings (SSSR count). The summed E-state index contributed by atoms with van der Waals surface area (Å²) in [7, 11) is 0. The van der Waals surface area contributed by atoms with Gasteiger partial charge in [-0.25, -0.2) is 0 Å². The molecule has 1 aromatic rings. The number of amides is 1. The van der Waals surface area contributed by atoms with Crippen molar-refractivity contribution in [1.82, 2.24) is 10.1 Å². The van der Waals surface area contributed by atoms with Crippen molar-refractivity contribution in [2.24, 2.45) is 5.92 Å². The average molecular weight is 208 g/mol. The molecule has 1 aliphatic heterocycles. The molecule has 0 radical (unpaired) electrons. The van der Waals surface area contributed by atoms with Crippen molar-refractivity contribution in [3.8, 4) is 0 Å². The first-order valence-electron chi connectivity index (χ1n) is 5.45. The molecule has 0 aromatic carbocycles. The quantitative estimate of drug-likeness (QED) is 0.758. The molecule has 82 valence electrons. The molecule has 0 saturated carbocycles. The summed E-state index contributed by atoms with van der Waals surface area (Å²) in [4.78, 5) is 13.6. The molecule has 1 unspecified atom stereocenters. The average Bonchev–Trinajstić information content (AvgIpc) is 2.79. The van der Waals surface area contributed by atoms with E-state index in [0.29, 0.717) is 18.9 Å². The van der Waals surface area contributed by atoms with Gasteiger partial charge in [-0.1, -0.05) is 18.5 Å². The van der Waals surface area contributed by atoms with Gasteiger partial charge in [-0.15, -0.1) is 0 Å². The minimum atomic E-state index is 0.259. The first kappa shape index (κ1) is 10.2. The summed E-state index contributed by atoms with van der Waals surface area (Å²) >= 11 is 0. The van der Waals surface area contributed by atoms with Crippen LogP contribution in [0.25, 0.3) is 0 Å². The second kappa shape index (κ2) is 4.47. The van der Waals surface area contributed by atoms with Crippen molar-refractivity contribution < 1.29 is 9.32 Å². The van der Waals surface area contributed by atoms with Crippen molar-refractivity contribution in [1.29, 1.82) is 0 Å². The molecule has 1 aliphatic rings. The molecular formula is C11H16N2O2. The van der Waals surface area contributed by atoms with Crippen molar-refractivity contribution in [3.63, 3.8) is 0 Å². The van der Waals surface area contributed by atoms with Crippen LogP contribution in [-0.2, 0) is 11.3 Å². The highest BCUT2D eigenvalue weighted by Crippen LogP contribution is 2.23. The predicted molar refractivity (Wildman–Crippen MR) is 54.9 cm³/mol. The highest BCUT2D eigenvalue weighted by Gasteiger charge is 2.28. The molecule has 4 heteroatoms. The summed E-state index contributed by atoms with van der Waals surface area (Å²) in [5.41, 5.74) is 0.973. The fourth-order valence-corrected chi connectivity index (χ4v) is 2.13. The van der Waals surface area contributed by atoms with Gasteiger partial charge in [-0.05, 0) is 12.3 Å². The normalized spacial score (nSPS) is 21.3. The van der Waals surface area contributed by atoms with Gasteiger partial charge in [0.05, 0.1) is 12.7 Å². The third-order valence-corrected chi connectivity index (χ3v) is 2.85. The van der Waals surface area contributed by atoms with Gasteiger partial charge in [0.25, 0.3) is 0 Å². The Labute approximate surface area is 89.2 Å². The Morgan fingerprint density at radius 1 is 1.67 bits per heavy atom. The topological polar surface area (TPSA) is 46.3 Å². The van der Waals surface area contributed by atoms with Crippen LogP contribution < -0.4 is 0 Å². The number of rotatable bonds is 4. The van der Waals surface area contributed by atoms with Crippen LogP contribution in [0.5, 0.6) is 0 Å². The van der Waals surface area contributed by atoms with Gasteiger partial charge in [0.15, 0.2) is 0 Å². The molecule has 1 saturated heterocycles. The Morgan fingerprint density at radius 2 is 2.53 bits per heavy atom. The molecule has 1 amide bonds. The van der Waals surface area contributed by atoms with E-state index in [0.717, 1.165) is 24.9 Å². The zero-order valence-corrected chi connectivity index (χ0v) is 8.98. The SMILES string of the molecule is CCCC1CC(=O)N(Cc2cnoc2)C1. The second-order valence-corrected chi connectivity index (χ2v) is 4.17. The van der Waals surface area contributed by atoms with E-state index in [1.54, 1.807) is 12.5 Å². The third-order valence-electron chi connectivity index (χ3n) is 2.85. The van der Waals surface area contributed by atoms with Gasteiger partial charge < -0.3 is 9.42 Å². The Morgan fingerprint density at radius 3 is 3.20 bits per heavy atom. The Kier molecular flexibility index (Phi) is 3.04. The van der Waals surface area contributed by atoms with E-state index in [4.69, 9.17) is 4.52 Å². The largest absolute Gasteiger partial charge is 0.364 e. The smallest absolute Gasteiger partial charge is 0.223 e. The molecule has 0 N–H and O–H groups in total.